The summed E-state index contributed by atoms with van der Waals surface area (Å²) in [5, 5.41) is -4.40. The molecule has 2 aromatic carbocycles. The first kappa shape index (κ1) is 20.8. The van der Waals surface area contributed by atoms with Crippen LogP contribution in [0.2, 0.25) is 0 Å². The molecular formula is C22H20Cl2F2O2. The van der Waals surface area contributed by atoms with Crippen LogP contribution in [0.4, 0.5) is 8.78 Å². The highest BCUT2D eigenvalue weighted by Gasteiger charge is 2.62. The lowest BCUT2D eigenvalue weighted by Crippen LogP contribution is -2.11. The molecule has 1 saturated carbocycles. The van der Waals surface area contributed by atoms with E-state index in [2.05, 4.69) is 0 Å². The Hall–Kier alpha value is -1.91. The summed E-state index contributed by atoms with van der Waals surface area (Å²) < 4.78 is 31.6. The smallest absolute Gasteiger partial charge is 0.358 e. The minimum absolute atomic E-state index is 0.113. The van der Waals surface area contributed by atoms with Gasteiger partial charge in [-0.2, -0.15) is 8.78 Å². The summed E-state index contributed by atoms with van der Waals surface area (Å²) in [6, 6.07) is 17.6. The van der Waals surface area contributed by atoms with Crippen molar-refractivity contribution in [2.45, 2.75) is 25.8 Å². The molecule has 0 aliphatic heterocycles. The molecule has 2 nitrogen and oxygen atoms in total. The van der Waals surface area contributed by atoms with Gasteiger partial charge in [-0.05, 0) is 45.7 Å². The number of allylic oxidation sites excluding steroid dienone is 2. The SMILES string of the molecule is CC1(C)C(/C=C(\Cl)C(F)(F)Cl)C1C(=O)OCc1cccc(-c2ccccc2)c1. The number of hydrogen-bond acceptors (Lipinski definition) is 2. The van der Waals surface area contributed by atoms with Crippen LogP contribution < -0.4 is 0 Å². The van der Waals surface area contributed by atoms with Crippen LogP contribution in [0.3, 0.4) is 0 Å². The zero-order valence-corrected chi connectivity index (χ0v) is 17.0. The Labute approximate surface area is 173 Å². The van der Waals surface area contributed by atoms with E-state index in [4.69, 9.17) is 27.9 Å². The van der Waals surface area contributed by atoms with Crippen molar-refractivity contribution < 1.29 is 18.3 Å². The van der Waals surface area contributed by atoms with E-state index in [9.17, 15) is 13.6 Å². The van der Waals surface area contributed by atoms with Gasteiger partial charge in [0, 0.05) is 0 Å². The molecule has 2 unspecified atom stereocenters. The van der Waals surface area contributed by atoms with Gasteiger partial charge >= 0.3 is 11.4 Å². The van der Waals surface area contributed by atoms with Crippen molar-refractivity contribution in [3.05, 3.63) is 71.3 Å². The summed E-state index contributed by atoms with van der Waals surface area (Å²) in [5.74, 6) is -1.40. The van der Waals surface area contributed by atoms with Crippen LogP contribution in [0.15, 0.2) is 65.7 Å². The second-order valence-corrected chi connectivity index (χ2v) is 8.39. The second-order valence-electron chi connectivity index (χ2n) is 7.51. The maximum Gasteiger partial charge on any atom is 0.358 e. The van der Waals surface area contributed by atoms with E-state index in [1.807, 2.05) is 68.4 Å². The lowest BCUT2D eigenvalue weighted by Gasteiger charge is -2.08. The van der Waals surface area contributed by atoms with Crippen LogP contribution in [0, 0.1) is 17.3 Å². The summed E-state index contributed by atoms with van der Waals surface area (Å²) in [6.45, 7) is 3.74. The minimum atomic E-state index is -3.63. The summed E-state index contributed by atoms with van der Waals surface area (Å²) in [5.41, 5.74) is 2.44. The largest absolute Gasteiger partial charge is 0.461 e. The fourth-order valence-corrected chi connectivity index (χ4v) is 3.61. The summed E-state index contributed by atoms with van der Waals surface area (Å²) in [6.07, 6.45) is 1.16. The zero-order valence-electron chi connectivity index (χ0n) is 15.5. The van der Waals surface area contributed by atoms with Gasteiger partial charge < -0.3 is 4.74 Å². The van der Waals surface area contributed by atoms with Crippen molar-refractivity contribution in [2.75, 3.05) is 0 Å². The molecule has 28 heavy (non-hydrogen) atoms. The number of benzene rings is 2. The third-order valence-electron chi connectivity index (χ3n) is 5.18. The van der Waals surface area contributed by atoms with Gasteiger partial charge in [0.25, 0.3) is 0 Å². The minimum Gasteiger partial charge on any atom is -0.461 e. The first-order valence-electron chi connectivity index (χ1n) is 8.86. The zero-order chi connectivity index (χ0) is 20.5. The Bertz CT molecular complexity index is 889. The van der Waals surface area contributed by atoms with Gasteiger partial charge in [-0.1, -0.05) is 80.1 Å². The summed E-state index contributed by atoms with van der Waals surface area (Å²) in [4.78, 5) is 12.5. The predicted molar refractivity (Wildman–Crippen MR) is 107 cm³/mol. The molecule has 0 amide bonds. The molecule has 148 valence electrons. The molecule has 0 heterocycles. The average molecular weight is 425 g/mol. The normalized spacial score (nSPS) is 21.3. The highest BCUT2D eigenvalue weighted by atomic mass is 35.5. The Morgan fingerprint density at radius 2 is 1.79 bits per heavy atom. The quantitative estimate of drug-likeness (QED) is 0.384. The van der Waals surface area contributed by atoms with Gasteiger partial charge in [0.2, 0.25) is 0 Å². The number of carbonyl (C=O) groups is 1. The molecular weight excluding hydrogens is 405 g/mol. The Morgan fingerprint density at radius 3 is 2.43 bits per heavy atom. The Balaban J connectivity index is 1.65. The molecule has 0 bridgehead atoms. The molecule has 0 aromatic heterocycles. The molecule has 1 aliphatic rings. The molecule has 0 N–H and O–H groups in total. The Kier molecular flexibility index (Phi) is 5.83. The predicted octanol–water partition coefficient (Wildman–Crippen LogP) is 6.62. The van der Waals surface area contributed by atoms with Gasteiger partial charge in [-0.15, -0.1) is 0 Å². The molecule has 6 heteroatoms. The first-order valence-corrected chi connectivity index (χ1v) is 9.62. The van der Waals surface area contributed by atoms with Crippen LogP contribution in [-0.2, 0) is 16.1 Å². The number of alkyl halides is 3. The van der Waals surface area contributed by atoms with E-state index in [-0.39, 0.29) is 6.61 Å². The number of rotatable bonds is 6. The highest BCUT2D eigenvalue weighted by Crippen LogP contribution is 2.60. The molecule has 2 aromatic rings. The standard InChI is InChI=1S/C22H20Cl2F2O2/c1-21(2)17(12-18(23)22(24,25)26)19(21)20(27)28-13-14-7-6-10-16(11-14)15-8-4-3-5-9-15/h3-12,17,19H,13H2,1-2H3/b18-12-. The van der Waals surface area contributed by atoms with E-state index < -0.39 is 33.6 Å². The topological polar surface area (TPSA) is 26.3 Å². The lowest BCUT2D eigenvalue weighted by molar-refractivity contribution is -0.147. The molecule has 2 atom stereocenters. The molecule has 1 aliphatic carbocycles. The van der Waals surface area contributed by atoms with Gasteiger partial charge in [0.15, 0.2) is 0 Å². The second kappa shape index (κ2) is 7.84. The Morgan fingerprint density at radius 1 is 1.14 bits per heavy atom. The van der Waals surface area contributed by atoms with E-state index in [1.54, 1.807) is 0 Å². The summed E-state index contributed by atoms with van der Waals surface area (Å²) >= 11 is 10.5. The van der Waals surface area contributed by atoms with Crippen LogP contribution in [0.1, 0.15) is 19.4 Å². The van der Waals surface area contributed by atoms with E-state index in [0.717, 1.165) is 22.8 Å². The summed E-state index contributed by atoms with van der Waals surface area (Å²) in [7, 11) is 0. The molecule has 1 fully saturated rings. The van der Waals surface area contributed by atoms with E-state index >= 15 is 0 Å². The van der Waals surface area contributed by atoms with E-state index in [1.165, 1.54) is 0 Å². The third-order valence-corrected chi connectivity index (χ3v) is 5.84. The fourth-order valence-electron chi connectivity index (χ4n) is 3.41. The third kappa shape index (κ3) is 4.56. The van der Waals surface area contributed by atoms with Gasteiger partial charge in [-0.3, -0.25) is 4.79 Å². The van der Waals surface area contributed by atoms with Gasteiger partial charge in [0.05, 0.1) is 11.0 Å². The van der Waals surface area contributed by atoms with E-state index in [0.29, 0.717) is 0 Å². The maximum absolute atomic E-state index is 13.1. The van der Waals surface area contributed by atoms with Gasteiger partial charge in [-0.25, -0.2) is 0 Å². The van der Waals surface area contributed by atoms with Crippen molar-refractivity contribution in [2.24, 2.45) is 17.3 Å². The highest BCUT2D eigenvalue weighted by molar-refractivity contribution is 6.38. The molecule has 0 saturated heterocycles. The molecule has 3 rings (SSSR count). The van der Waals surface area contributed by atoms with Crippen molar-refractivity contribution in [3.63, 3.8) is 0 Å². The average Bonchev–Trinajstić information content (AvgIpc) is 3.20. The van der Waals surface area contributed by atoms with Crippen LogP contribution in [-0.4, -0.2) is 11.4 Å². The van der Waals surface area contributed by atoms with Crippen LogP contribution >= 0.6 is 23.2 Å². The van der Waals surface area contributed by atoms with Crippen molar-refractivity contribution in [1.82, 2.24) is 0 Å². The van der Waals surface area contributed by atoms with Crippen molar-refractivity contribution >= 4 is 29.2 Å². The lowest BCUT2D eigenvalue weighted by atomic mass is 10.0. The van der Waals surface area contributed by atoms with Crippen LogP contribution in [0.5, 0.6) is 0 Å². The number of ether oxygens (including phenoxy) is 1. The first-order chi connectivity index (χ1) is 13.1. The fraction of sp³-hybridized carbons (Fsp3) is 0.318. The number of halogens is 4. The molecule has 0 spiro atoms. The van der Waals surface area contributed by atoms with Gasteiger partial charge in [0.1, 0.15) is 6.61 Å². The molecule has 0 radical (unpaired) electrons. The monoisotopic (exact) mass is 424 g/mol. The van der Waals surface area contributed by atoms with Crippen molar-refractivity contribution in [1.29, 1.82) is 0 Å². The van der Waals surface area contributed by atoms with Crippen molar-refractivity contribution in [3.8, 4) is 11.1 Å². The van der Waals surface area contributed by atoms with Crippen LogP contribution in [0.25, 0.3) is 11.1 Å². The number of carbonyl (C=O) groups excluding carboxylic acids is 1. The number of esters is 1. The number of hydrogen-bond donors (Lipinski definition) is 0. The maximum atomic E-state index is 13.1.